The highest BCUT2D eigenvalue weighted by atomic mass is 16.6. The lowest BCUT2D eigenvalue weighted by Gasteiger charge is -2.26. The number of benzene rings is 1. The van der Waals surface area contributed by atoms with Crippen LogP contribution in [-0.2, 0) is 14.4 Å². The Morgan fingerprint density at radius 1 is 1.25 bits per heavy atom. The van der Waals surface area contributed by atoms with E-state index in [2.05, 4.69) is 42.7 Å². The van der Waals surface area contributed by atoms with Crippen molar-refractivity contribution < 1.29 is 19.1 Å². The van der Waals surface area contributed by atoms with E-state index < -0.39 is 5.41 Å². The molecule has 2 aromatic rings. The maximum atomic E-state index is 12.6. The zero-order valence-corrected chi connectivity index (χ0v) is 25.9. The summed E-state index contributed by atoms with van der Waals surface area (Å²) in [5.74, 6) is 1.85. The van der Waals surface area contributed by atoms with Gasteiger partial charge in [0.2, 0.25) is 0 Å². The van der Waals surface area contributed by atoms with E-state index in [0.29, 0.717) is 53.0 Å². The van der Waals surface area contributed by atoms with Crippen LogP contribution in [0, 0.1) is 10.8 Å². The average molecular weight is 603 g/mol. The number of nitrogens with one attached hydrogen (secondary N) is 4. The summed E-state index contributed by atoms with van der Waals surface area (Å²) in [4.78, 5) is 29.0. The fraction of sp³-hybridized carbons (Fsp3) is 0.406. The molecule has 1 aliphatic carbocycles. The van der Waals surface area contributed by atoms with Crippen LogP contribution in [0.4, 0.5) is 11.6 Å². The number of carbonyl (C=O) groups is 1. The SMILES string of the molecule is C=NO/C(=C\C(=O)NC1=CCC(Nc2ncnc(NC)c2C(=N)c2cccc(OCCN3CCOCC3)c2)C=C1)C(C)(C)C. The minimum absolute atomic E-state index is 0.120. The molecule has 44 heavy (non-hydrogen) atoms. The summed E-state index contributed by atoms with van der Waals surface area (Å²) in [6.07, 6.45) is 9.14. The van der Waals surface area contributed by atoms with E-state index in [9.17, 15) is 4.79 Å². The lowest BCUT2D eigenvalue weighted by atomic mass is 9.93. The van der Waals surface area contributed by atoms with Crippen LogP contribution in [0.5, 0.6) is 5.75 Å². The molecule has 1 saturated heterocycles. The molecule has 234 valence electrons. The number of ether oxygens (including phenoxy) is 2. The van der Waals surface area contributed by atoms with Gasteiger partial charge in [0.25, 0.3) is 5.91 Å². The first-order valence-corrected chi connectivity index (χ1v) is 14.6. The molecule has 0 saturated carbocycles. The minimum Gasteiger partial charge on any atom is -0.492 e. The van der Waals surface area contributed by atoms with Crippen LogP contribution >= 0.6 is 0 Å². The van der Waals surface area contributed by atoms with Crippen LogP contribution in [0.15, 0.2) is 71.5 Å². The van der Waals surface area contributed by atoms with Crippen molar-refractivity contribution in [3.05, 3.63) is 77.5 Å². The van der Waals surface area contributed by atoms with Gasteiger partial charge in [0.15, 0.2) is 0 Å². The molecule has 4 N–H and O–H groups in total. The van der Waals surface area contributed by atoms with E-state index in [-0.39, 0.29) is 17.7 Å². The van der Waals surface area contributed by atoms with Crippen molar-refractivity contribution in [2.45, 2.75) is 33.2 Å². The predicted molar refractivity (Wildman–Crippen MR) is 172 cm³/mol. The Bertz CT molecular complexity index is 1420. The molecular weight excluding hydrogens is 560 g/mol. The van der Waals surface area contributed by atoms with Crippen LogP contribution in [0.25, 0.3) is 0 Å². The molecular formula is C32H42N8O4. The van der Waals surface area contributed by atoms with Crippen LogP contribution in [0.1, 0.15) is 38.3 Å². The number of nitrogens with zero attached hydrogens (tertiary/aromatic N) is 4. The van der Waals surface area contributed by atoms with E-state index in [4.69, 9.17) is 19.7 Å². The third-order valence-electron chi connectivity index (χ3n) is 7.09. The molecule has 4 rings (SSSR count). The molecule has 0 spiro atoms. The second-order valence-corrected chi connectivity index (χ2v) is 11.4. The number of anilines is 2. The molecule has 1 aromatic heterocycles. The van der Waals surface area contributed by atoms with Crippen LogP contribution in [0.2, 0.25) is 0 Å². The molecule has 12 nitrogen and oxygen atoms in total. The predicted octanol–water partition coefficient (Wildman–Crippen LogP) is 3.95. The van der Waals surface area contributed by atoms with Gasteiger partial charge in [-0.25, -0.2) is 9.97 Å². The second-order valence-electron chi connectivity index (χ2n) is 11.4. The van der Waals surface area contributed by atoms with Gasteiger partial charge in [-0.1, -0.05) is 50.2 Å². The molecule has 2 aliphatic rings. The summed E-state index contributed by atoms with van der Waals surface area (Å²) >= 11 is 0. The summed E-state index contributed by atoms with van der Waals surface area (Å²) < 4.78 is 11.4. The number of rotatable bonds is 13. The summed E-state index contributed by atoms with van der Waals surface area (Å²) in [5.41, 5.74) is 1.76. The van der Waals surface area contributed by atoms with Crippen molar-refractivity contribution in [2.75, 3.05) is 57.1 Å². The quantitative estimate of drug-likeness (QED) is 0.116. The van der Waals surface area contributed by atoms with Crippen molar-refractivity contribution in [2.24, 2.45) is 10.6 Å². The summed E-state index contributed by atoms with van der Waals surface area (Å²) in [7, 11) is 1.77. The normalized spacial score (nSPS) is 17.3. The van der Waals surface area contributed by atoms with Gasteiger partial charge in [0.1, 0.15) is 36.1 Å². The Labute approximate surface area is 258 Å². The second kappa shape index (κ2) is 15.3. The Kier molecular flexibility index (Phi) is 11.2. The lowest BCUT2D eigenvalue weighted by Crippen LogP contribution is -2.38. The molecule has 2 heterocycles. The Morgan fingerprint density at radius 2 is 2.02 bits per heavy atom. The number of hydrogen-bond donors (Lipinski definition) is 4. The number of morpholine rings is 1. The summed E-state index contributed by atoms with van der Waals surface area (Å²) in [6.45, 7) is 13.8. The van der Waals surface area contributed by atoms with Crippen LogP contribution in [-0.4, -0.2) is 85.7 Å². The van der Waals surface area contributed by atoms with Crippen molar-refractivity contribution in [1.82, 2.24) is 20.2 Å². The average Bonchev–Trinajstić information content (AvgIpc) is 3.01. The van der Waals surface area contributed by atoms with E-state index in [0.717, 1.165) is 32.8 Å². The number of amides is 1. The first kappa shape index (κ1) is 32.4. The maximum absolute atomic E-state index is 12.6. The Balaban J connectivity index is 1.41. The van der Waals surface area contributed by atoms with E-state index in [1.165, 1.54) is 12.4 Å². The Morgan fingerprint density at radius 3 is 2.70 bits per heavy atom. The first-order chi connectivity index (χ1) is 21.2. The largest absolute Gasteiger partial charge is 0.492 e. The van der Waals surface area contributed by atoms with E-state index in [1.54, 1.807) is 7.05 Å². The van der Waals surface area contributed by atoms with Gasteiger partial charge in [0.05, 0.1) is 24.5 Å². The van der Waals surface area contributed by atoms with Gasteiger partial charge in [-0.3, -0.25) is 15.1 Å². The van der Waals surface area contributed by atoms with Crippen LogP contribution < -0.4 is 20.7 Å². The molecule has 1 aliphatic heterocycles. The number of oxime groups is 1. The zero-order chi connectivity index (χ0) is 31.5. The van der Waals surface area contributed by atoms with E-state index in [1.807, 2.05) is 63.3 Å². The molecule has 0 bridgehead atoms. The van der Waals surface area contributed by atoms with Gasteiger partial charge in [-0.05, 0) is 24.6 Å². The highest BCUT2D eigenvalue weighted by molar-refractivity contribution is 6.16. The molecule has 0 radical (unpaired) electrons. The molecule has 12 heteroatoms. The number of allylic oxidation sites excluding steroid dienone is 2. The summed E-state index contributed by atoms with van der Waals surface area (Å²) in [6, 6.07) is 7.40. The van der Waals surface area contributed by atoms with E-state index >= 15 is 0 Å². The number of aromatic nitrogens is 2. The third kappa shape index (κ3) is 8.98. The van der Waals surface area contributed by atoms with Crippen molar-refractivity contribution >= 4 is 30.0 Å². The first-order valence-electron chi connectivity index (χ1n) is 14.6. The molecule has 1 atom stereocenters. The highest BCUT2D eigenvalue weighted by Gasteiger charge is 2.22. The molecule has 1 amide bonds. The Hall–Kier alpha value is -4.55. The lowest BCUT2D eigenvalue weighted by molar-refractivity contribution is -0.116. The van der Waals surface area contributed by atoms with Gasteiger partial charge in [-0.2, -0.15) is 0 Å². The van der Waals surface area contributed by atoms with Crippen molar-refractivity contribution in [3.8, 4) is 5.75 Å². The maximum Gasteiger partial charge on any atom is 0.251 e. The summed E-state index contributed by atoms with van der Waals surface area (Å²) in [5, 5.41) is 22.0. The molecule has 1 unspecified atom stereocenters. The fourth-order valence-corrected chi connectivity index (χ4v) is 4.67. The monoisotopic (exact) mass is 602 g/mol. The third-order valence-corrected chi connectivity index (χ3v) is 7.09. The van der Waals surface area contributed by atoms with Gasteiger partial charge < -0.3 is 30.3 Å². The minimum atomic E-state index is -0.406. The number of hydrogen-bond acceptors (Lipinski definition) is 11. The van der Waals surface area contributed by atoms with Gasteiger partial charge >= 0.3 is 0 Å². The standard InChI is InChI=1S/C32H42N8O4/c1-32(2,3)26(44-35-5)20-27(41)38-23-9-11-24(12-10-23)39-31-28(30(34-4)36-21-37-31)29(33)22-7-6-8-25(19-22)43-18-15-40-13-16-42-17-14-40/h6-11,19-21,24,33H,5,12-18H2,1-4H3,(H,38,41)(H2,34,36,37,39)/b26-20-,33-29?. The van der Waals surface area contributed by atoms with Gasteiger partial charge in [-0.15, -0.1) is 0 Å². The number of carbonyl (C=O) groups excluding carboxylic acids is 1. The van der Waals surface area contributed by atoms with Gasteiger partial charge in [0, 0.05) is 62.2 Å². The van der Waals surface area contributed by atoms with Crippen LogP contribution in [0.3, 0.4) is 0 Å². The highest BCUT2D eigenvalue weighted by Crippen LogP contribution is 2.28. The topological polar surface area (TPSA) is 146 Å². The fourth-order valence-electron chi connectivity index (χ4n) is 4.67. The molecule has 1 fully saturated rings. The van der Waals surface area contributed by atoms with Crippen molar-refractivity contribution in [3.63, 3.8) is 0 Å². The van der Waals surface area contributed by atoms with Crippen molar-refractivity contribution in [1.29, 1.82) is 5.41 Å². The molecule has 1 aromatic carbocycles. The smallest absolute Gasteiger partial charge is 0.251 e. The zero-order valence-electron chi connectivity index (χ0n) is 25.9.